The Hall–Kier alpha value is -3.22. The number of likely N-dealkylation sites (tertiary alicyclic amines) is 1. The highest BCUT2D eigenvalue weighted by atomic mass is 19.4. The van der Waals surface area contributed by atoms with Crippen LogP contribution >= 0.6 is 0 Å². The Morgan fingerprint density at radius 3 is 2.39 bits per heavy atom. The fraction of sp³-hybridized carbons (Fsp3) is 0.190. The molecule has 142 valence electrons. The normalized spacial score (nSPS) is 14.8. The largest absolute Gasteiger partial charge is 0.416 e. The SMILES string of the molecule is C=CC(=O)N1CC(c2nc(-c3ccc(C(F)(F)F)cc3)c3ccccc3n2)C1. The number of carbonyl (C=O) groups is 1. The number of fused-ring (bicyclic) bond motifs is 1. The number of hydrogen-bond acceptors (Lipinski definition) is 3. The molecule has 1 aliphatic heterocycles. The summed E-state index contributed by atoms with van der Waals surface area (Å²) in [5, 5.41) is 0.768. The van der Waals surface area contributed by atoms with Crippen molar-refractivity contribution < 1.29 is 18.0 Å². The van der Waals surface area contributed by atoms with Crippen molar-refractivity contribution in [1.82, 2.24) is 14.9 Å². The number of amides is 1. The van der Waals surface area contributed by atoms with Crippen LogP contribution in [0.4, 0.5) is 13.2 Å². The van der Waals surface area contributed by atoms with Gasteiger partial charge in [-0.3, -0.25) is 4.79 Å². The lowest BCUT2D eigenvalue weighted by Gasteiger charge is -2.37. The third-order valence-electron chi connectivity index (χ3n) is 4.84. The van der Waals surface area contributed by atoms with Crippen LogP contribution in [-0.4, -0.2) is 33.9 Å². The summed E-state index contributed by atoms with van der Waals surface area (Å²) in [6, 6.07) is 12.3. The van der Waals surface area contributed by atoms with Crippen molar-refractivity contribution in [2.75, 3.05) is 13.1 Å². The van der Waals surface area contributed by atoms with Crippen molar-refractivity contribution in [3.8, 4) is 11.3 Å². The van der Waals surface area contributed by atoms with Crippen LogP contribution in [0.2, 0.25) is 0 Å². The summed E-state index contributed by atoms with van der Waals surface area (Å²) in [7, 11) is 0. The molecule has 28 heavy (non-hydrogen) atoms. The van der Waals surface area contributed by atoms with E-state index in [4.69, 9.17) is 0 Å². The van der Waals surface area contributed by atoms with Crippen LogP contribution in [-0.2, 0) is 11.0 Å². The maximum atomic E-state index is 12.9. The zero-order chi connectivity index (χ0) is 19.9. The molecular formula is C21H16F3N3O. The van der Waals surface area contributed by atoms with Crippen LogP contribution in [0, 0.1) is 0 Å². The maximum absolute atomic E-state index is 12.9. The summed E-state index contributed by atoms with van der Waals surface area (Å²) in [6.07, 6.45) is -3.12. The van der Waals surface area contributed by atoms with E-state index in [1.807, 2.05) is 24.3 Å². The van der Waals surface area contributed by atoms with Crippen molar-refractivity contribution >= 4 is 16.8 Å². The molecule has 2 aromatic carbocycles. The van der Waals surface area contributed by atoms with Gasteiger partial charge in [-0.25, -0.2) is 9.97 Å². The minimum absolute atomic E-state index is 0.0123. The number of hydrogen-bond donors (Lipinski definition) is 0. The molecule has 7 heteroatoms. The lowest BCUT2D eigenvalue weighted by molar-refractivity contribution is -0.137. The second-order valence-electron chi connectivity index (χ2n) is 6.67. The van der Waals surface area contributed by atoms with E-state index in [1.165, 1.54) is 18.2 Å². The summed E-state index contributed by atoms with van der Waals surface area (Å²) in [4.78, 5) is 22.6. The van der Waals surface area contributed by atoms with E-state index in [2.05, 4.69) is 16.5 Å². The number of aromatic nitrogens is 2. The Balaban J connectivity index is 1.73. The zero-order valence-electron chi connectivity index (χ0n) is 14.8. The first-order valence-electron chi connectivity index (χ1n) is 8.72. The molecule has 1 fully saturated rings. The molecule has 0 unspecified atom stereocenters. The molecule has 1 aliphatic rings. The molecule has 2 heterocycles. The molecule has 3 aromatic rings. The molecule has 1 amide bonds. The van der Waals surface area contributed by atoms with Gasteiger partial charge < -0.3 is 4.90 Å². The number of benzene rings is 2. The molecule has 0 spiro atoms. The Labute approximate surface area is 159 Å². The van der Waals surface area contributed by atoms with E-state index < -0.39 is 11.7 Å². The molecule has 0 saturated carbocycles. The van der Waals surface area contributed by atoms with Crippen molar-refractivity contribution in [2.24, 2.45) is 0 Å². The summed E-state index contributed by atoms with van der Waals surface area (Å²) in [5.74, 6) is 0.434. The fourth-order valence-corrected chi connectivity index (χ4v) is 3.27. The molecule has 0 aliphatic carbocycles. The highest BCUT2D eigenvalue weighted by Crippen LogP contribution is 2.34. The first kappa shape index (κ1) is 18.2. The van der Waals surface area contributed by atoms with Crippen LogP contribution in [0.25, 0.3) is 22.2 Å². The Bertz CT molecular complexity index is 1050. The predicted molar refractivity (Wildman–Crippen MR) is 99.5 cm³/mol. The van der Waals surface area contributed by atoms with Crippen molar-refractivity contribution in [3.63, 3.8) is 0 Å². The highest BCUT2D eigenvalue weighted by Gasteiger charge is 2.33. The fourth-order valence-electron chi connectivity index (χ4n) is 3.27. The van der Waals surface area contributed by atoms with Gasteiger partial charge in [-0.15, -0.1) is 0 Å². The number of para-hydroxylation sites is 1. The van der Waals surface area contributed by atoms with Gasteiger partial charge in [0.25, 0.3) is 0 Å². The number of halogens is 3. The van der Waals surface area contributed by atoms with Crippen LogP contribution in [0.5, 0.6) is 0 Å². The van der Waals surface area contributed by atoms with Crippen LogP contribution in [0.15, 0.2) is 61.2 Å². The summed E-state index contributed by atoms with van der Waals surface area (Å²) >= 11 is 0. The summed E-state index contributed by atoms with van der Waals surface area (Å²) < 4.78 is 38.6. The molecule has 1 saturated heterocycles. The van der Waals surface area contributed by atoms with Gasteiger partial charge in [-0.1, -0.05) is 36.9 Å². The third kappa shape index (κ3) is 3.24. The second-order valence-corrected chi connectivity index (χ2v) is 6.67. The Morgan fingerprint density at radius 2 is 1.75 bits per heavy atom. The predicted octanol–water partition coefficient (Wildman–Crippen LogP) is 4.43. The van der Waals surface area contributed by atoms with Gasteiger partial charge in [0.05, 0.1) is 22.7 Å². The first-order chi connectivity index (χ1) is 13.4. The van der Waals surface area contributed by atoms with E-state index >= 15 is 0 Å². The van der Waals surface area contributed by atoms with Gasteiger partial charge in [0.15, 0.2) is 0 Å². The van der Waals surface area contributed by atoms with Crippen molar-refractivity contribution in [1.29, 1.82) is 0 Å². The van der Waals surface area contributed by atoms with Gasteiger partial charge in [0, 0.05) is 24.0 Å². The molecule has 0 radical (unpaired) electrons. The monoisotopic (exact) mass is 383 g/mol. The molecule has 0 atom stereocenters. The van der Waals surface area contributed by atoms with Gasteiger partial charge in [0.2, 0.25) is 5.91 Å². The minimum atomic E-state index is -4.38. The Kier molecular flexibility index (Phi) is 4.37. The van der Waals surface area contributed by atoms with E-state index in [0.29, 0.717) is 30.2 Å². The van der Waals surface area contributed by atoms with Gasteiger partial charge in [-0.2, -0.15) is 13.2 Å². The van der Waals surface area contributed by atoms with Gasteiger partial charge in [-0.05, 0) is 24.3 Å². The lowest BCUT2D eigenvalue weighted by atomic mass is 9.97. The van der Waals surface area contributed by atoms with E-state index in [-0.39, 0.29) is 11.8 Å². The highest BCUT2D eigenvalue weighted by molar-refractivity contribution is 5.92. The number of carbonyl (C=O) groups excluding carboxylic acids is 1. The van der Waals surface area contributed by atoms with Crippen LogP contribution < -0.4 is 0 Å². The summed E-state index contributed by atoms with van der Waals surface area (Å²) in [6.45, 7) is 4.47. The molecule has 0 bridgehead atoms. The van der Waals surface area contributed by atoms with Gasteiger partial charge >= 0.3 is 6.18 Å². The topological polar surface area (TPSA) is 46.1 Å². The van der Waals surface area contributed by atoms with Gasteiger partial charge in [0.1, 0.15) is 5.82 Å². The lowest BCUT2D eigenvalue weighted by Crippen LogP contribution is -2.48. The third-order valence-corrected chi connectivity index (χ3v) is 4.84. The van der Waals surface area contributed by atoms with E-state index in [1.54, 1.807) is 4.90 Å². The average Bonchev–Trinajstić information content (AvgIpc) is 2.65. The maximum Gasteiger partial charge on any atom is 0.416 e. The average molecular weight is 383 g/mol. The molecular weight excluding hydrogens is 367 g/mol. The summed E-state index contributed by atoms with van der Waals surface area (Å²) in [5.41, 5.74) is 1.19. The molecule has 4 rings (SSSR count). The molecule has 0 N–H and O–H groups in total. The molecule has 4 nitrogen and oxygen atoms in total. The number of nitrogens with zero attached hydrogens (tertiary/aromatic N) is 3. The Morgan fingerprint density at radius 1 is 1.07 bits per heavy atom. The molecule has 1 aromatic heterocycles. The quantitative estimate of drug-likeness (QED) is 0.629. The second kappa shape index (κ2) is 6.74. The van der Waals surface area contributed by atoms with E-state index in [9.17, 15) is 18.0 Å². The van der Waals surface area contributed by atoms with Crippen molar-refractivity contribution in [3.05, 3.63) is 72.6 Å². The van der Waals surface area contributed by atoms with E-state index in [0.717, 1.165) is 23.0 Å². The standard InChI is InChI=1S/C21H16F3N3O/c1-2-18(28)27-11-14(12-27)20-25-17-6-4-3-5-16(17)19(26-20)13-7-9-15(10-8-13)21(22,23)24/h2-10,14H,1,11-12H2. The van der Waals surface area contributed by atoms with Crippen molar-refractivity contribution in [2.45, 2.75) is 12.1 Å². The zero-order valence-corrected chi connectivity index (χ0v) is 14.8. The smallest absolute Gasteiger partial charge is 0.338 e. The van der Waals surface area contributed by atoms with Crippen LogP contribution in [0.1, 0.15) is 17.3 Å². The number of rotatable bonds is 3. The minimum Gasteiger partial charge on any atom is -0.338 e. The number of alkyl halides is 3. The first-order valence-corrected chi connectivity index (χ1v) is 8.72. The van der Waals surface area contributed by atoms with Crippen LogP contribution in [0.3, 0.4) is 0 Å².